The number of Topliss-reactive ketones (excluding diaryl/α,β-unsaturated/α-hetero) is 1. The molecule has 6 heteroatoms. The third-order valence-corrected chi connectivity index (χ3v) is 7.73. The third-order valence-electron chi connectivity index (χ3n) is 7.48. The third kappa shape index (κ3) is 4.70. The summed E-state index contributed by atoms with van der Waals surface area (Å²) < 4.78 is 5.54. The maximum absolute atomic E-state index is 14.3. The Hall–Kier alpha value is -4.35. The Morgan fingerprint density at radius 3 is 2.38 bits per heavy atom. The number of nitrogens with one attached hydrogen (secondary N) is 1. The van der Waals surface area contributed by atoms with E-state index < -0.39 is 6.04 Å². The van der Waals surface area contributed by atoms with E-state index in [1.165, 1.54) is 0 Å². The molecule has 5 nitrogen and oxygen atoms in total. The fourth-order valence-electron chi connectivity index (χ4n) is 5.63. The van der Waals surface area contributed by atoms with Gasteiger partial charge in [-0.1, -0.05) is 66.2 Å². The van der Waals surface area contributed by atoms with Crippen molar-refractivity contribution in [2.75, 3.05) is 17.3 Å². The summed E-state index contributed by atoms with van der Waals surface area (Å²) in [5.41, 5.74) is 5.35. The quantitative estimate of drug-likeness (QED) is 0.293. The highest BCUT2D eigenvalue weighted by molar-refractivity contribution is 6.30. The molecule has 1 heterocycles. The number of ether oxygens (including phenoxy) is 1. The van der Waals surface area contributed by atoms with E-state index in [1.54, 1.807) is 24.1 Å². The molecule has 4 aromatic carbocycles. The van der Waals surface area contributed by atoms with Crippen molar-refractivity contribution in [3.63, 3.8) is 0 Å². The second-order valence-electron chi connectivity index (χ2n) is 9.83. The fourth-order valence-corrected chi connectivity index (χ4v) is 5.76. The van der Waals surface area contributed by atoms with Crippen LogP contribution in [0.4, 0.5) is 11.4 Å². The Morgan fingerprint density at radius 2 is 1.62 bits per heavy atom. The molecule has 0 aromatic heterocycles. The molecule has 0 spiro atoms. The van der Waals surface area contributed by atoms with E-state index in [0.29, 0.717) is 40.4 Å². The minimum absolute atomic E-state index is 0.00415. The van der Waals surface area contributed by atoms with Gasteiger partial charge in [0, 0.05) is 28.3 Å². The molecule has 194 valence electrons. The van der Waals surface area contributed by atoms with E-state index in [2.05, 4.69) is 5.32 Å². The number of ketones is 1. The molecule has 4 aromatic rings. The van der Waals surface area contributed by atoms with Gasteiger partial charge in [-0.15, -0.1) is 0 Å². The summed E-state index contributed by atoms with van der Waals surface area (Å²) >= 11 is 6.14. The van der Waals surface area contributed by atoms with Crippen LogP contribution in [0.1, 0.15) is 46.3 Å². The van der Waals surface area contributed by atoms with Crippen LogP contribution in [0.5, 0.6) is 5.75 Å². The first kappa shape index (κ1) is 25.0. The van der Waals surface area contributed by atoms with Gasteiger partial charge in [0.15, 0.2) is 5.78 Å². The number of carbonyl (C=O) groups excluding carboxylic acids is 2. The Kier molecular flexibility index (Phi) is 6.67. The van der Waals surface area contributed by atoms with Crippen LogP contribution >= 0.6 is 11.6 Å². The van der Waals surface area contributed by atoms with Crippen LogP contribution in [-0.4, -0.2) is 18.8 Å². The number of rotatable bonds is 4. The number of allylic oxidation sites excluding steroid dienone is 1. The van der Waals surface area contributed by atoms with Gasteiger partial charge in [0.1, 0.15) is 5.75 Å². The monoisotopic (exact) mass is 534 g/mol. The van der Waals surface area contributed by atoms with Gasteiger partial charge in [-0.05, 0) is 72.0 Å². The summed E-state index contributed by atoms with van der Waals surface area (Å²) in [7, 11) is 1.61. The van der Waals surface area contributed by atoms with Crippen molar-refractivity contribution in [3.8, 4) is 5.75 Å². The van der Waals surface area contributed by atoms with E-state index in [0.717, 1.165) is 22.5 Å². The van der Waals surface area contributed by atoms with E-state index in [4.69, 9.17) is 16.3 Å². The van der Waals surface area contributed by atoms with Gasteiger partial charge in [-0.3, -0.25) is 14.5 Å². The molecule has 2 aliphatic rings. The van der Waals surface area contributed by atoms with Gasteiger partial charge < -0.3 is 10.1 Å². The predicted octanol–water partition coefficient (Wildman–Crippen LogP) is 7.56. The average molecular weight is 535 g/mol. The first-order valence-corrected chi connectivity index (χ1v) is 13.3. The summed E-state index contributed by atoms with van der Waals surface area (Å²) in [6.07, 6.45) is 0.969. The summed E-state index contributed by atoms with van der Waals surface area (Å²) in [4.78, 5) is 30.2. The van der Waals surface area contributed by atoms with Crippen LogP contribution < -0.4 is 15.0 Å². The van der Waals surface area contributed by atoms with Gasteiger partial charge in [0.25, 0.3) is 5.91 Å². The number of fused-ring (bicyclic) bond motifs is 1. The number of carbonyl (C=O) groups is 2. The van der Waals surface area contributed by atoms with Crippen molar-refractivity contribution in [1.82, 2.24) is 0 Å². The minimum Gasteiger partial charge on any atom is -0.497 e. The number of anilines is 2. The molecule has 0 saturated carbocycles. The molecule has 0 unspecified atom stereocenters. The van der Waals surface area contributed by atoms with Crippen molar-refractivity contribution < 1.29 is 14.3 Å². The van der Waals surface area contributed by atoms with Crippen LogP contribution in [0.25, 0.3) is 0 Å². The number of para-hydroxylation sites is 2. The normalized spacial score (nSPS) is 18.5. The number of benzene rings is 4. The molecule has 6 rings (SSSR count). The van der Waals surface area contributed by atoms with E-state index in [9.17, 15) is 9.59 Å². The van der Waals surface area contributed by atoms with Crippen molar-refractivity contribution >= 4 is 34.7 Å². The molecular formula is C33H27ClN2O3. The zero-order valence-electron chi connectivity index (χ0n) is 21.4. The Balaban J connectivity index is 1.56. The van der Waals surface area contributed by atoms with Gasteiger partial charge in [-0.25, -0.2) is 0 Å². The molecule has 0 fully saturated rings. The van der Waals surface area contributed by atoms with Gasteiger partial charge in [-0.2, -0.15) is 0 Å². The molecule has 39 heavy (non-hydrogen) atoms. The number of amides is 1. The van der Waals surface area contributed by atoms with Crippen LogP contribution in [0.3, 0.4) is 0 Å². The lowest BCUT2D eigenvalue weighted by Crippen LogP contribution is -2.38. The standard InChI is InChI=1S/C33H27ClN2O3/c1-39-26-11-7-10-23(18-26)32-31-28(19-24(20-30(31)37)21-14-16-25(34)17-15-21)35-27-12-5-6-13-29(27)36(32)33(38)22-8-3-2-4-9-22/h2-18,24,32,35H,19-20H2,1H3/t24-,32+/m0/s1. The average Bonchev–Trinajstić information content (AvgIpc) is 3.12. The summed E-state index contributed by atoms with van der Waals surface area (Å²) in [6, 6.07) is 31.6. The van der Waals surface area contributed by atoms with Crippen LogP contribution in [-0.2, 0) is 4.79 Å². The lowest BCUT2D eigenvalue weighted by atomic mass is 9.78. The number of hydrogen-bond acceptors (Lipinski definition) is 4. The Morgan fingerprint density at radius 1 is 0.872 bits per heavy atom. The van der Waals surface area contributed by atoms with Gasteiger partial charge >= 0.3 is 0 Å². The highest BCUT2D eigenvalue weighted by atomic mass is 35.5. The van der Waals surface area contributed by atoms with E-state index >= 15 is 0 Å². The summed E-state index contributed by atoms with van der Waals surface area (Å²) in [5.74, 6) is 0.485. The van der Waals surface area contributed by atoms with Crippen LogP contribution in [0.2, 0.25) is 5.02 Å². The molecule has 0 bridgehead atoms. The molecule has 2 atom stereocenters. The highest BCUT2D eigenvalue weighted by Gasteiger charge is 2.42. The van der Waals surface area contributed by atoms with Gasteiger partial charge in [0.2, 0.25) is 0 Å². The SMILES string of the molecule is COc1cccc([C@@H]2C3=C(C[C@H](c4ccc(Cl)cc4)CC3=O)Nc3ccccc3N2C(=O)c2ccccc2)c1. The molecule has 1 N–H and O–H groups in total. The highest BCUT2D eigenvalue weighted by Crippen LogP contribution is 2.48. The lowest BCUT2D eigenvalue weighted by Gasteiger charge is -2.35. The van der Waals surface area contributed by atoms with Gasteiger partial charge in [0.05, 0.1) is 24.5 Å². The molecule has 1 amide bonds. The minimum atomic E-state index is -0.641. The number of nitrogens with zero attached hydrogens (tertiary/aromatic N) is 1. The van der Waals surface area contributed by atoms with E-state index in [-0.39, 0.29) is 17.6 Å². The summed E-state index contributed by atoms with van der Waals surface area (Å²) in [5, 5.41) is 4.24. The first-order chi connectivity index (χ1) is 19.0. The maximum atomic E-state index is 14.3. The van der Waals surface area contributed by atoms with Crippen molar-refractivity contribution in [2.45, 2.75) is 24.8 Å². The molecular weight excluding hydrogens is 508 g/mol. The first-order valence-electron chi connectivity index (χ1n) is 12.9. The van der Waals surface area contributed by atoms with Crippen molar-refractivity contribution in [2.24, 2.45) is 0 Å². The molecule has 1 aliphatic carbocycles. The number of methoxy groups -OCH3 is 1. The Labute approximate surface area is 232 Å². The second kappa shape index (κ2) is 10.4. The maximum Gasteiger partial charge on any atom is 0.259 e. The predicted molar refractivity (Wildman–Crippen MR) is 155 cm³/mol. The zero-order chi connectivity index (χ0) is 26.9. The van der Waals surface area contributed by atoms with Crippen LogP contribution in [0.15, 0.2) is 114 Å². The number of halogens is 1. The molecule has 0 saturated heterocycles. The second-order valence-corrected chi connectivity index (χ2v) is 10.3. The largest absolute Gasteiger partial charge is 0.497 e. The topological polar surface area (TPSA) is 58.6 Å². The smallest absolute Gasteiger partial charge is 0.259 e. The lowest BCUT2D eigenvalue weighted by molar-refractivity contribution is -0.116. The summed E-state index contributed by atoms with van der Waals surface area (Å²) in [6.45, 7) is 0. The van der Waals surface area contributed by atoms with Crippen molar-refractivity contribution in [3.05, 3.63) is 136 Å². The van der Waals surface area contributed by atoms with Crippen LogP contribution in [0, 0.1) is 0 Å². The Bertz CT molecular complexity index is 1580. The number of hydrogen-bond donors (Lipinski definition) is 1. The zero-order valence-corrected chi connectivity index (χ0v) is 22.2. The van der Waals surface area contributed by atoms with Crippen molar-refractivity contribution in [1.29, 1.82) is 0 Å². The molecule has 1 aliphatic heterocycles. The fraction of sp³-hybridized carbons (Fsp3) is 0.152. The van der Waals surface area contributed by atoms with E-state index in [1.807, 2.05) is 91.0 Å². The molecule has 0 radical (unpaired) electrons.